The largest absolute Gasteiger partial charge is 0.490 e. The highest BCUT2D eigenvalue weighted by molar-refractivity contribution is 6.31. The Morgan fingerprint density at radius 3 is 2.54 bits per heavy atom. The van der Waals surface area contributed by atoms with Crippen molar-refractivity contribution >= 4 is 40.1 Å². The molecule has 1 aromatic carbocycles. The van der Waals surface area contributed by atoms with Crippen molar-refractivity contribution in [3.05, 3.63) is 76.3 Å². The molecule has 0 saturated heterocycles. The van der Waals surface area contributed by atoms with Gasteiger partial charge in [0.1, 0.15) is 5.52 Å². The number of pyridine rings is 1. The fourth-order valence-electron chi connectivity index (χ4n) is 5.45. The number of carbonyl (C=O) groups excluding carboxylic acids is 1. The van der Waals surface area contributed by atoms with Crippen molar-refractivity contribution < 1.29 is 41.8 Å². The second kappa shape index (κ2) is 14.7. The Bertz CT molecular complexity index is 2100. The number of carboxylic acid groups (broad SMARTS) is 1. The number of hydrogen-bond acceptors (Lipinski definition) is 8. The molecule has 3 N–H and O–H groups in total. The van der Waals surface area contributed by atoms with Crippen LogP contribution in [0, 0.1) is 5.92 Å². The molecule has 50 heavy (non-hydrogen) atoms. The molecule has 6 rings (SSSR count). The molecule has 2 bridgehead atoms. The highest BCUT2D eigenvalue weighted by Gasteiger charge is 2.38. The number of hydrogen-bond donors (Lipinski definition) is 3. The van der Waals surface area contributed by atoms with Crippen molar-refractivity contribution in [2.24, 2.45) is 5.92 Å². The van der Waals surface area contributed by atoms with Crippen molar-refractivity contribution in [3.8, 4) is 22.5 Å². The number of alkyl halides is 5. The van der Waals surface area contributed by atoms with Gasteiger partial charge in [-0.25, -0.2) is 14.5 Å². The Labute approximate surface area is 284 Å². The predicted molar refractivity (Wildman–Crippen MR) is 170 cm³/mol. The third-order valence-corrected chi connectivity index (χ3v) is 8.05. The number of nitrogens with one attached hydrogen (secondary N) is 1. The van der Waals surface area contributed by atoms with Crippen LogP contribution in [0.25, 0.3) is 33.4 Å². The summed E-state index contributed by atoms with van der Waals surface area (Å²) in [6, 6.07) is 7.44. The summed E-state index contributed by atoms with van der Waals surface area (Å²) in [5.41, 5.74) is 2.23. The van der Waals surface area contributed by atoms with Crippen LogP contribution >= 0.6 is 11.6 Å². The maximum absolute atomic E-state index is 13.9. The fraction of sp³-hybridized carbons (Fsp3) is 0.323. The van der Waals surface area contributed by atoms with E-state index in [4.69, 9.17) is 21.5 Å². The predicted octanol–water partition coefficient (Wildman–Crippen LogP) is 5.54. The van der Waals surface area contributed by atoms with Crippen molar-refractivity contribution in [3.63, 3.8) is 0 Å². The van der Waals surface area contributed by atoms with Crippen molar-refractivity contribution in [1.29, 1.82) is 0 Å². The number of rotatable bonds is 5. The molecule has 264 valence electrons. The fourth-order valence-corrected chi connectivity index (χ4v) is 5.68. The maximum atomic E-state index is 13.9. The molecule has 19 heteroatoms. The van der Waals surface area contributed by atoms with Crippen LogP contribution in [0.3, 0.4) is 0 Å². The zero-order valence-electron chi connectivity index (χ0n) is 26.0. The number of carboxylic acids is 1. The molecular weight excluding hydrogens is 695 g/mol. The van der Waals surface area contributed by atoms with Gasteiger partial charge in [-0.1, -0.05) is 24.9 Å². The van der Waals surface area contributed by atoms with Gasteiger partial charge in [-0.05, 0) is 37.1 Å². The van der Waals surface area contributed by atoms with E-state index in [1.54, 1.807) is 42.1 Å². The summed E-state index contributed by atoms with van der Waals surface area (Å²) in [4.78, 5) is 44.5. The van der Waals surface area contributed by atoms with Crippen molar-refractivity contribution in [2.75, 3.05) is 11.9 Å². The van der Waals surface area contributed by atoms with Gasteiger partial charge >= 0.3 is 18.7 Å². The average molecular weight is 723 g/mol. The number of aliphatic hydroxyl groups excluding tert-OH is 1. The summed E-state index contributed by atoms with van der Waals surface area (Å²) in [5.74, 6) is -3.48. The summed E-state index contributed by atoms with van der Waals surface area (Å²) < 4.78 is 63.2. The van der Waals surface area contributed by atoms with Crippen LogP contribution in [-0.2, 0) is 16.1 Å². The van der Waals surface area contributed by atoms with Gasteiger partial charge in [-0.3, -0.25) is 23.8 Å². The molecule has 1 amide bonds. The minimum Gasteiger partial charge on any atom is -0.475 e. The van der Waals surface area contributed by atoms with Gasteiger partial charge in [0.05, 0.1) is 54.5 Å². The second-order valence-corrected chi connectivity index (χ2v) is 11.7. The van der Waals surface area contributed by atoms with E-state index in [-0.39, 0.29) is 29.5 Å². The van der Waals surface area contributed by atoms with Gasteiger partial charge < -0.3 is 15.5 Å². The van der Waals surface area contributed by atoms with Crippen LogP contribution < -0.4 is 10.9 Å². The molecule has 5 heterocycles. The van der Waals surface area contributed by atoms with E-state index < -0.39 is 30.7 Å². The monoisotopic (exact) mass is 722 g/mol. The summed E-state index contributed by atoms with van der Waals surface area (Å²) >= 11 is 6.37. The number of aliphatic carboxylic acids is 1. The van der Waals surface area contributed by atoms with Crippen LogP contribution in [0.15, 0.2) is 60.0 Å². The van der Waals surface area contributed by atoms with Gasteiger partial charge in [0.2, 0.25) is 5.91 Å². The summed E-state index contributed by atoms with van der Waals surface area (Å²) in [5, 5.41) is 28.7. The molecule has 13 nitrogen and oxygen atoms in total. The average Bonchev–Trinajstić information content (AvgIpc) is 3.66. The normalized spacial score (nSPS) is 16.5. The number of amides is 1. The molecule has 5 aromatic rings. The summed E-state index contributed by atoms with van der Waals surface area (Å²) in [6.45, 7) is -0.960. The first-order chi connectivity index (χ1) is 23.7. The smallest absolute Gasteiger partial charge is 0.475 e. The number of carbonyl (C=O) groups is 2. The standard InChI is InChI=1S/C29H27ClF2N8O3.C2HF3O2/c1-16-3-2-4-24(22-10-17(5-6-33-22)27-23(36-28(16)43)13-35-40(27)29(31)32)39-15-34-21(12-25(39)42)20-11-19(30)9-18-14-38(7-8-41)37-26(18)20;3-2(4,5)1(6)7/h5-6,9-16,24,29,41H,2-4,7-8H2,1H3,(H,36,43);(H,6,7)/t16-,24+;/m1./s1. The molecule has 4 aromatic heterocycles. The SMILES string of the molecule is C[C@@H]1CCC[C@H](n2cnc(-c3cc(Cl)cc4cn(CCO)nc34)cc2=O)c2cc(ccn2)-c2c(cnn2C(F)F)NC1=O.O=C(O)C(F)(F)F. The van der Waals surface area contributed by atoms with Gasteiger partial charge in [-0.2, -0.15) is 32.1 Å². The molecular formula is C31H28ClF5N8O5. The van der Waals surface area contributed by atoms with Crippen LogP contribution in [0.4, 0.5) is 27.6 Å². The van der Waals surface area contributed by atoms with Gasteiger partial charge in [0.15, 0.2) is 0 Å². The number of aliphatic hydroxyl groups is 1. The first kappa shape index (κ1) is 36.1. The van der Waals surface area contributed by atoms with Crippen LogP contribution in [0.2, 0.25) is 5.02 Å². The van der Waals surface area contributed by atoms with E-state index in [0.29, 0.717) is 63.5 Å². The first-order valence-corrected chi connectivity index (χ1v) is 15.3. The third kappa shape index (κ3) is 7.81. The molecule has 0 radical (unpaired) electrons. The molecule has 0 saturated carbocycles. The maximum Gasteiger partial charge on any atom is 0.490 e. The molecule has 0 aliphatic carbocycles. The van der Waals surface area contributed by atoms with E-state index in [1.165, 1.54) is 29.4 Å². The highest BCUT2D eigenvalue weighted by Crippen LogP contribution is 2.35. The molecule has 0 unspecified atom stereocenters. The van der Waals surface area contributed by atoms with Crippen molar-refractivity contribution in [1.82, 2.24) is 34.1 Å². The van der Waals surface area contributed by atoms with Gasteiger partial charge in [0.25, 0.3) is 5.56 Å². The number of nitrogens with zero attached hydrogens (tertiary/aromatic N) is 7. The number of halogens is 6. The van der Waals surface area contributed by atoms with E-state index in [1.807, 2.05) is 0 Å². The van der Waals surface area contributed by atoms with E-state index in [2.05, 4.69) is 25.5 Å². The molecule has 1 aliphatic rings. The van der Waals surface area contributed by atoms with E-state index >= 15 is 0 Å². The summed E-state index contributed by atoms with van der Waals surface area (Å²) in [7, 11) is 0. The molecule has 0 spiro atoms. The van der Waals surface area contributed by atoms with Gasteiger partial charge in [-0.15, -0.1) is 0 Å². The molecule has 1 aliphatic heterocycles. The topological polar surface area (TPSA) is 170 Å². The Morgan fingerprint density at radius 2 is 1.88 bits per heavy atom. The quantitative estimate of drug-likeness (QED) is 0.197. The molecule has 2 atom stereocenters. The minimum absolute atomic E-state index is 0.0463. The number of anilines is 1. The zero-order chi connectivity index (χ0) is 36.3. The Kier molecular flexibility index (Phi) is 10.6. The minimum atomic E-state index is -5.08. The Balaban J connectivity index is 0.000000630. The lowest BCUT2D eigenvalue weighted by Gasteiger charge is -2.22. The third-order valence-electron chi connectivity index (χ3n) is 7.84. The highest BCUT2D eigenvalue weighted by atomic mass is 35.5. The van der Waals surface area contributed by atoms with Gasteiger partial charge in [0, 0.05) is 45.9 Å². The summed E-state index contributed by atoms with van der Waals surface area (Å²) in [6.07, 6.45) is 2.34. The first-order valence-electron chi connectivity index (χ1n) is 15.0. The lowest BCUT2D eigenvalue weighted by molar-refractivity contribution is -0.192. The lowest BCUT2D eigenvalue weighted by atomic mass is 9.97. The van der Waals surface area contributed by atoms with Crippen LogP contribution in [0.1, 0.15) is 44.5 Å². The van der Waals surface area contributed by atoms with Crippen molar-refractivity contribution in [2.45, 2.75) is 51.5 Å². The number of benzene rings is 1. The van der Waals surface area contributed by atoms with Crippen LogP contribution in [0.5, 0.6) is 0 Å². The number of fused-ring (bicyclic) bond motifs is 5. The van der Waals surface area contributed by atoms with E-state index in [0.717, 1.165) is 5.39 Å². The van der Waals surface area contributed by atoms with E-state index in [9.17, 15) is 36.6 Å². The second-order valence-electron chi connectivity index (χ2n) is 11.3. The lowest BCUT2D eigenvalue weighted by Crippen LogP contribution is -2.27. The number of aromatic nitrogens is 7. The molecule has 0 fully saturated rings. The van der Waals surface area contributed by atoms with Crippen LogP contribution in [-0.4, -0.2) is 69.0 Å². The zero-order valence-corrected chi connectivity index (χ0v) is 26.7. The Hall–Kier alpha value is -5.23. The Morgan fingerprint density at radius 1 is 1.14 bits per heavy atom.